The number of carboxylic acid groups (broad SMARTS) is 1. The maximum absolute atomic E-state index is 12.1. The van der Waals surface area contributed by atoms with Gasteiger partial charge in [-0.3, -0.25) is 9.59 Å². The van der Waals surface area contributed by atoms with E-state index in [4.69, 9.17) is 14.4 Å². The van der Waals surface area contributed by atoms with Gasteiger partial charge in [0.05, 0.1) is 13.0 Å². The molecule has 1 heterocycles. The maximum atomic E-state index is 12.1. The number of hydrogen-bond acceptors (Lipinski definition) is 6. The molecule has 2 N–H and O–H groups in total. The molecule has 0 radical (unpaired) electrons. The van der Waals surface area contributed by atoms with Crippen LogP contribution in [0.25, 0.3) is 11.4 Å². The molecule has 27 heavy (non-hydrogen) atoms. The van der Waals surface area contributed by atoms with E-state index < -0.39 is 11.9 Å². The molecule has 1 amide bonds. The number of nitrogens with one attached hydrogen (secondary N) is 1. The highest BCUT2D eigenvalue weighted by atomic mass is 16.5. The first-order valence-electron chi connectivity index (χ1n) is 9.06. The van der Waals surface area contributed by atoms with Gasteiger partial charge in [-0.15, -0.1) is 0 Å². The number of ether oxygens (including phenoxy) is 1. The van der Waals surface area contributed by atoms with Crippen molar-refractivity contribution in [2.45, 2.75) is 44.6 Å². The highest BCUT2D eigenvalue weighted by Crippen LogP contribution is 2.26. The standard InChI is InChI=1S/C19H23N3O5/c1-26-13-10-8-12(9-11-13)18-21-17(27-22-18)7-3-6-16(23)20-15-5-2-4-14(15)19(24)25/h8-11,14-15H,2-7H2,1H3,(H,20,23)(H,24,25)/t14-,15+/m0/s1. The Morgan fingerprint density at radius 1 is 1.30 bits per heavy atom. The van der Waals surface area contributed by atoms with Crippen LogP contribution in [0.15, 0.2) is 28.8 Å². The summed E-state index contributed by atoms with van der Waals surface area (Å²) in [5.41, 5.74) is 0.824. The van der Waals surface area contributed by atoms with Gasteiger partial charge in [0.15, 0.2) is 0 Å². The van der Waals surface area contributed by atoms with Crippen LogP contribution in [0.4, 0.5) is 0 Å². The molecule has 8 nitrogen and oxygen atoms in total. The molecular weight excluding hydrogens is 350 g/mol. The van der Waals surface area contributed by atoms with Gasteiger partial charge in [-0.2, -0.15) is 4.98 Å². The van der Waals surface area contributed by atoms with Gasteiger partial charge in [-0.05, 0) is 43.5 Å². The van der Waals surface area contributed by atoms with Crippen molar-refractivity contribution in [2.24, 2.45) is 5.92 Å². The van der Waals surface area contributed by atoms with Gasteiger partial charge in [0.25, 0.3) is 0 Å². The minimum Gasteiger partial charge on any atom is -0.497 e. The molecule has 1 aliphatic rings. The summed E-state index contributed by atoms with van der Waals surface area (Å²) in [7, 11) is 1.60. The molecule has 1 aromatic carbocycles. The monoisotopic (exact) mass is 373 g/mol. The number of nitrogens with zero attached hydrogens (tertiary/aromatic N) is 2. The minimum atomic E-state index is -0.838. The first-order chi connectivity index (χ1) is 13.1. The molecule has 0 aliphatic heterocycles. The lowest BCUT2D eigenvalue weighted by atomic mass is 10.0. The van der Waals surface area contributed by atoms with Crippen LogP contribution in [0.1, 0.15) is 38.0 Å². The van der Waals surface area contributed by atoms with Crippen LogP contribution in [0.5, 0.6) is 5.75 Å². The van der Waals surface area contributed by atoms with E-state index in [0.29, 0.717) is 37.4 Å². The third-order valence-electron chi connectivity index (χ3n) is 4.79. The second kappa shape index (κ2) is 8.66. The third-order valence-corrected chi connectivity index (χ3v) is 4.79. The average molecular weight is 373 g/mol. The van der Waals surface area contributed by atoms with Gasteiger partial charge in [-0.1, -0.05) is 11.6 Å². The zero-order valence-corrected chi connectivity index (χ0v) is 15.2. The number of hydrogen-bond donors (Lipinski definition) is 2. The molecule has 0 unspecified atom stereocenters. The lowest BCUT2D eigenvalue weighted by Crippen LogP contribution is -2.40. The molecule has 0 saturated heterocycles. The number of carbonyl (C=O) groups is 2. The molecule has 2 atom stereocenters. The molecule has 3 rings (SSSR count). The zero-order chi connectivity index (χ0) is 19.2. The number of aliphatic carboxylic acids is 1. The number of methoxy groups -OCH3 is 1. The fraction of sp³-hybridized carbons (Fsp3) is 0.474. The van der Waals surface area contributed by atoms with Crippen LogP contribution < -0.4 is 10.1 Å². The molecule has 1 aromatic heterocycles. The van der Waals surface area contributed by atoms with Gasteiger partial charge in [0, 0.05) is 24.4 Å². The Bertz CT molecular complexity index is 787. The Morgan fingerprint density at radius 2 is 2.07 bits per heavy atom. The van der Waals surface area contributed by atoms with Crippen molar-refractivity contribution in [3.05, 3.63) is 30.2 Å². The van der Waals surface area contributed by atoms with Crippen LogP contribution in [0.2, 0.25) is 0 Å². The minimum absolute atomic E-state index is 0.136. The van der Waals surface area contributed by atoms with E-state index in [9.17, 15) is 9.59 Å². The number of carboxylic acids is 1. The summed E-state index contributed by atoms with van der Waals surface area (Å²) in [6, 6.07) is 7.08. The number of carbonyl (C=O) groups excluding carboxylic acids is 1. The van der Waals surface area contributed by atoms with Gasteiger partial charge < -0.3 is 19.7 Å². The van der Waals surface area contributed by atoms with E-state index in [-0.39, 0.29) is 11.9 Å². The molecule has 1 fully saturated rings. The topological polar surface area (TPSA) is 115 Å². The van der Waals surface area contributed by atoms with E-state index in [1.54, 1.807) is 7.11 Å². The molecule has 1 saturated carbocycles. The summed E-state index contributed by atoms with van der Waals surface area (Å²) in [4.78, 5) is 27.6. The molecular formula is C19H23N3O5. The van der Waals surface area contributed by atoms with Crippen molar-refractivity contribution >= 4 is 11.9 Å². The normalized spacial score (nSPS) is 19.0. The van der Waals surface area contributed by atoms with Crippen LogP contribution in [0, 0.1) is 5.92 Å². The van der Waals surface area contributed by atoms with Crippen LogP contribution in [-0.2, 0) is 16.0 Å². The second-order valence-corrected chi connectivity index (χ2v) is 6.64. The van der Waals surface area contributed by atoms with E-state index in [0.717, 1.165) is 24.2 Å². The molecule has 144 valence electrons. The summed E-state index contributed by atoms with van der Waals surface area (Å²) in [6.45, 7) is 0. The summed E-state index contributed by atoms with van der Waals surface area (Å²) < 4.78 is 10.4. The second-order valence-electron chi connectivity index (χ2n) is 6.64. The van der Waals surface area contributed by atoms with Crippen molar-refractivity contribution in [1.29, 1.82) is 0 Å². The van der Waals surface area contributed by atoms with E-state index in [2.05, 4.69) is 15.5 Å². The number of rotatable bonds is 8. The Hall–Kier alpha value is -2.90. The molecule has 2 aromatic rings. The summed E-state index contributed by atoms with van der Waals surface area (Å²) in [5.74, 6) is 0.265. The lowest BCUT2D eigenvalue weighted by molar-refractivity contribution is -0.142. The van der Waals surface area contributed by atoms with E-state index in [1.165, 1.54) is 0 Å². The van der Waals surface area contributed by atoms with Crippen LogP contribution >= 0.6 is 0 Å². The van der Waals surface area contributed by atoms with Gasteiger partial charge in [0.1, 0.15) is 5.75 Å². The fourth-order valence-corrected chi connectivity index (χ4v) is 3.32. The Balaban J connectivity index is 1.46. The quantitative estimate of drug-likeness (QED) is 0.730. The summed E-state index contributed by atoms with van der Waals surface area (Å²) in [6.07, 6.45) is 3.51. The highest BCUT2D eigenvalue weighted by molar-refractivity contribution is 5.78. The molecule has 1 aliphatic carbocycles. The first kappa shape index (κ1) is 18.9. The van der Waals surface area contributed by atoms with Crippen LogP contribution in [0.3, 0.4) is 0 Å². The van der Waals surface area contributed by atoms with Gasteiger partial charge in [0.2, 0.25) is 17.6 Å². The van der Waals surface area contributed by atoms with Gasteiger partial charge >= 0.3 is 5.97 Å². The first-order valence-corrected chi connectivity index (χ1v) is 9.06. The highest BCUT2D eigenvalue weighted by Gasteiger charge is 2.33. The van der Waals surface area contributed by atoms with E-state index >= 15 is 0 Å². The predicted molar refractivity (Wildman–Crippen MR) is 96.1 cm³/mol. The van der Waals surface area contributed by atoms with Crippen molar-refractivity contribution in [3.63, 3.8) is 0 Å². The fourth-order valence-electron chi connectivity index (χ4n) is 3.32. The average Bonchev–Trinajstić information content (AvgIpc) is 3.31. The van der Waals surface area contributed by atoms with Crippen molar-refractivity contribution < 1.29 is 24.0 Å². The number of amides is 1. The number of aromatic nitrogens is 2. The lowest BCUT2D eigenvalue weighted by Gasteiger charge is -2.17. The third kappa shape index (κ3) is 4.84. The SMILES string of the molecule is COc1ccc(-c2noc(CCCC(=O)N[C@@H]3CCC[C@@H]3C(=O)O)n2)cc1. The largest absolute Gasteiger partial charge is 0.497 e. The number of aryl methyl sites for hydroxylation is 1. The predicted octanol–water partition coefficient (Wildman–Crippen LogP) is 2.44. The van der Waals surface area contributed by atoms with Crippen LogP contribution in [-0.4, -0.2) is 40.3 Å². The molecule has 8 heteroatoms. The van der Waals surface area contributed by atoms with Crippen molar-refractivity contribution in [1.82, 2.24) is 15.5 Å². The van der Waals surface area contributed by atoms with Gasteiger partial charge in [-0.25, -0.2) is 0 Å². The number of benzene rings is 1. The Kier molecular flexibility index (Phi) is 6.05. The Morgan fingerprint density at radius 3 is 2.78 bits per heavy atom. The molecule has 0 bridgehead atoms. The summed E-state index contributed by atoms with van der Waals surface area (Å²) >= 11 is 0. The Labute approximate surface area is 156 Å². The van der Waals surface area contributed by atoms with Crippen molar-refractivity contribution in [3.8, 4) is 17.1 Å². The zero-order valence-electron chi connectivity index (χ0n) is 15.2. The van der Waals surface area contributed by atoms with E-state index in [1.807, 2.05) is 24.3 Å². The van der Waals surface area contributed by atoms with Crippen molar-refractivity contribution in [2.75, 3.05) is 7.11 Å². The summed E-state index contributed by atoms with van der Waals surface area (Å²) in [5, 5.41) is 16.0. The smallest absolute Gasteiger partial charge is 0.308 e. The molecule has 0 spiro atoms. The maximum Gasteiger partial charge on any atom is 0.308 e.